The first-order valence-corrected chi connectivity index (χ1v) is 14.9. The molecule has 2 aromatic carbocycles. The van der Waals surface area contributed by atoms with Gasteiger partial charge in [-0.25, -0.2) is 0 Å². The van der Waals surface area contributed by atoms with Gasteiger partial charge < -0.3 is 25.2 Å². The molecule has 4 N–H and O–H groups in total. The molecule has 0 fully saturated rings. The molecule has 0 aliphatic rings. The largest absolute Gasteiger partial charge is 0.416 e. The molecule has 4 aromatic rings. The van der Waals surface area contributed by atoms with Crippen LogP contribution in [0.2, 0.25) is 5.02 Å². The van der Waals surface area contributed by atoms with E-state index < -0.39 is 30.3 Å². The molecule has 246 valence electrons. The number of rotatable bonds is 12. The second-order valence-corrected chi connectivity index (χ2v) is 11.6. The van der Waals surface area contributed by atoms with Crippen molar-refractivity contribution in [3.8, 4) is 22.4 Å². The van der Waals surface area contributed by atoms with E-state index in [1.165, 1.54) is 12.1 Å². The van der Waals surface area contributed by atoms with Gasteiger partial charge in [-0.2, -0.15) is 18.3 Å². The van der Waals surface area contributed by atoms with Gasteiger partial charge >= 0.3 is 6.18 Å². The van der Waals surface area contributed by atoms with Crippen molar-refractivity contribution < 1.29 is 27.9 Å². The van der Waals surface area contributed by atoms with Crippen LogP contribution < -0.4 is 10.2 Å². The van der Waals surface area contributed by atoms with Gasteiger partial charge in [0, 0.05) is 51.0 Å². The molecule has 10 nitrogen and oxygen atoms in total. The highest BCUT2D eigenvalue weighted by atomic mass is 35.5. The van der Waals surface area contributed by atoms with Crippen molar-refractivity contribution in [3.63, 3.8) is 0 Å². The molecule has 4 rings (SSSR count). The lowest BCUT2D eigenvalue weighted by Crippen LogP contribution is -2.36. The molecule has 2 aromatic heterocycles. The number of halogens is 4. The van der Waals surface area contributed by atoms with Crippen LogP contribution >= 0.6 is 11.6 Å². The molecular weight excluding hydrogens is 623 g/mol. The number of anilines is 1. The first-order chi connectivity index (χ1) is 21.7. The van der Waals surface area contributed by atoms with Crippen LogP contribution in [0.4, 0.5) is 19.0 Å². The molecule has 0 saturated carbocycles. The Hall–Kier alpha value is -4.33. The van der Waals surface area contributed by atoms with Gasteiger partial charge in [0.15, 0.2) is 5.82 Å². The molecular formula is C32H37ClF3N7O3. The number of carbonyl (C=O) groups is 2. The van der Waals surface area contributed by atoms with Gasteiger partial charge in [-0.15, -0.1) is 0 Å². The number of benzene rings is 2. The number of likely N-dealkylation sites (N-methyl/N-ethyl adjacent to an activating group) is 2. The van der Waals surface area contributed by atoms with Crippen LogP contribution in [0.3, 0.4) is 0 Å². The van der Waals surface area contributed by atoms with E-state index >= 15 is 0 Å². The van der Waals surface area contributed by atoms with Gasteiger partial charge in [-0.1, -0.05) is 35.9 Å². The summed E-state index contributed by atoms with van der Waals surface area (Å²) in [4.78, 5) is 33.7. The lowest BCUT2D eigenvalue weighted by molar-refractivity contribution is -0.137. The molecule has 2 amide bonds. The molecule has 2 heterocycles. The summed E-state index contributed by atoms with van der Waals surface area (Å²) in [5, 5.41) is 20.5. The SMILES string of the molecule is CCN(C)C(=O)CN(C)Cc1ccc(-c2c(N(C)C)n[nH]c2-c2c[nH]c(C(=O)N[C@H](CO)c3cccc(C(F)(F)F)c3)c2)cc1Cl. The smallest absolute Gasteiger partial charge is 0.394 e. The summed E-state index contributed by atoms with van der Waals surface area (Å²) in [6, 6.07) is 10.6. The summed E-state index contributed by atoms with van der Waals surface area (Å²) < 4.78 is 39.6. The zero-order valence-corrected chi connectivity index (χ0v) is 26.9. The molecule has 0 aliphatic heterocycles. The topological polar surface area (TPSA) is 121 Å². The quantitative estimate of drug-likeness (QED) is 0.166. The van der Waals surface area contributed by atoms with Crippen LogP contribution in [0.25, 0.3) is 22.4 Å². The van der Waals surface area contributed by atoms with Gasteiger partial charge in [0.25, 0.3) is 5.91 Å². The predicted octanol–water partition coefficient (Wildman–Crippen LogP) is 5.18. The standard InChI is InChI=1S/C32H37ClF3N7O3/c1-6-43(5)27(45)17-42(4)16-21-11-10-20(13-24(21)33)28-29(39-40-30(28)41(2)3)22-14-25(37-15-22)31(46)38-26(18-44)19-8-7-9-23(12-19)32(34,35)36/h7-15,26,37,44H,6,16-18H2,1-5H3,(H,38,46)(H,39,40)/t26-/m1/s1. The molecule has 0 radical (unpaired) electrons. The molecule has 0 unspecified atom stereocenters. The second-order valence-electron chi connectivity index (χ2n) is 11.2. The number of aliphatic hydroxyl groups excluding tert-OH is 1. The number of aliphatic hydroxyl groups is 1. The molecule has 0 aliphatic carbocycles. The lowest BCUT2D eigenvalue weighted by atomic mass is 10.00. The van der Waals surface area contributed by atoms with Crippen LogP contribution in [0.15, 0.2) is 54.7 Å². The Balaban J connectivity index is 1.58. The minimum Gasteiger partial charge on any atom is -0.394 e. The van der Waals surface area contributed by atoms with E-state index in [-0.39, 0.29) is 23.7 Å². The Morgan fingerprint density at radius 1 is 1.07 bits per heavy atom. The molecule has 0 spiro atoms. The van der Waals surface area contributed by atoms with E-state index in [0.717, 1.165) is 28.8 Å². The Morgan fingerprint density at radius 2 is 1.80 bits per heavy atom. The van der Waals surface area contributed by atoms with E-state index in [0.29, 0.717) is 35.2 Å². The van der Waals surface area contributed by atoms with Crippen LogP contribution in [0.5, 0.6) is 0 Å². The Bertz CT molecular complexity index is 1690. The predicted molar refractivity (Wildman–Crippen MR) is 172 cm³/mol. The number of hydrogen-bond donors (Lipinski definition) is 4. The number of aromatic amines is 2. The first kappa shape index (κ1) is 34.5. The summed E-state index contributed by atoms with van der Waals surface area (Å²) in [6.07, 6.45) is -2.95. The molecule has 0 bridgehead atoms. The Morgan fingerprint density at radius 3 is 2.43 bits per heavy atom. The van der Waals surface area contributed by atoms with E-state index in [1.807, 2.05) is 56.1 Å². The Kier molecular flexibility index (Phi) is 10.8. The van der Waals surface area contributed by atoms with Crippen LogP contribution in [0.1, 0.15) is 40.1 Å². The number of hydrogen-bond acceptors (Lipinski definition) is 6. The van der Waals surface area contributed by atoms with Gasteiger partial charge in [0.05, 0.1) is 36.0 Å². The summed E-state index contributed by atoms with van der Waals surface area (Å²) in [5.41, 5.74) is 2.91. The van der Waals surface area contributed by atoms with Crippen molar-refractivity contribution >= 4 is 29.2 Å². The zero-order chi connectivity index (χ0) is 33.8. The van der Waals surface area contributed by atoms with Gasteiger partial charge in [0.1, 0.15) is 5.69 Å². The third-order valence-corrected chi connectivity index (χ3v) is 7.93. The summed E-state index contributed by atoms with van der Waals surface area (Å²) in [7, 11) is 7.30. The average molecular weight is 660 g/mol. The molecule has 0 saturated heterocycles. The third kappa shape index (κ3) is 7.90. The zero-order valence-electron chi connectivity index (χ0n) is 26.2. The average Bonchev–Trinajstić information content (AvgIpc) is 3.68. The number of alkyl halides is 3. The Labute approximate surface area is 270 Å². The maximum Gasteiger partial charge on any atom is 0.416 e. The van der Waals surface area contributed by atoms with Crippen LogP contribution in [-0.4, -0.2) is 89.8 Å². The molecule has 14 heteroatoms. The number of nitrogens with zero attached hydrogens (tertiary/aromatic N) is 4. The van der Waals surface area contributed by atoms with E-state index in [1.54, 1.807) is 24.2 Å². The highest BCUT2D eigenvalue weighted by Crippen LogP contribution is 2.39. The number of H-pyrrole nitrogens is 2. The monoisotopic (exact) mass is 659 g/mol. The van der Waals surface area contributed by atoms with Crippen molar-refractivity contribution in [2.24, 2.45) is 0 Å². The van der Waals surface area contributed by atoms with E-state index in [9.17, 15) is 27.9 Å². The third-order valence-electron chi connectivity index (χ3n) is 7.58. The minimum atomic E-state index is -4.56. The summed E-state index contributed by atoms with van der Waals surface area (Å²) in [6.45, 7) is 2.66. The maximum atomic E-state index is 13.2. The summed E-state index contributed by atoms with van der Waals surface area (Å²) >= 11 is 6.73. The molecule has 1 atom stereocenters. The van der Waals surface area contributed by atoms with Crippen molar-refractivity contribution in [1.29, 1.82) is 0 Å². The van der Waals surface area contributed by atoms with Crippen LogP contribution in [0, 0.1) is 0 Å². The number of amides is 2. The minimum absolute atomic E-state index is 0.0125. The first-order valence-electron chi connectivity index (χ1n) is 14.5. The fourth-order valence-corrected chi connectivity index (χ4v) is 5.16. The fourth-order valence-electron chi connectivity index (χ4n) is 4.92. The van der Waals surface area contributed by atoms with Gasteiger partial charge in [-0.3, -0.25) is 19.6 Å². The van der Waals surface area contributed by atoms with Crippen molar-refractivity contribution in [2.45, 2.75) is 25.7 Å². The van der Waals surface area contributed by atoms with Crippen molar-refractivity contribution in [1.82, 2.24) is 30.3 Å². The van der Waals surface area contributed by atoms with Crippen molar-refractivity contribution in [2.75, 3.05) is 52.8 Å². The lowest BCUT2D eigenvalue weighted by Gasteiger charge is -2.21. The molecule has 46 heavy (non-hydrogen) atoms. The second kappa shape index (κ2) is 14.4. The van der Waals surface area contributed by atoms with E-state index in [2.05, 4.69) is 20.5 Å². The number of nitrogens with one attached hydrogen (secondary N) is 3. The van der Waals surface area contributed by atoms with Crippen LogP contribution in [-0.2, 0) is 17.5 Å². The number of aromatic nitrogens is 3. The number of carbonyl (C=O) groups excluding carboxylic acids is 2. The van der Waals surface area contributed by atoms with Gasteiger partial charge in [0.2, 0.25) is 5.91 Å². The van der Waals surface area contributed by atoms with Gasteiger partial charge in [-0.05, 0) is 54.9 Å². The highest BCUT2D eigenvalue weighted by Gasteiger charge is 2.31. The van der Waals surface area contributed by atoms with E-state index in [4.69, 9.17) is 11.6 Å². The normalized spacial score (nSPS) is 12.3. The highest BCUT2D eigenvalue weighted by molar-refractivity contribution is 6.31. The maximum absolute atomic E-state index is 13.2. The van der Waals surface area contributed by atoms with Crippen molar-refractivity contribution in [3.05, 3.63) is 82.1 Å². The fraction of sp³-hybridized carbons (Fsp3) is 0.344. The summed E-state index contributed by atoms with van der Waals surface area (Å²) in [5.74, 6) is 0.0245.